The number of benzene rings is 1. The fourth-order valence-corrected chi connectivity index (χ4v) is 2.96. The Morgan fingerprint density at radius 2 is 2.07 bits per heavy atom. The van der Waals surface area contributed by atoms with Crippen molar-refractivity contribution in [1.29, 1.82) is 0 Å². The number of hydrogen-bond donors (Lipinski definition) is 0. The Morgan fingerprint density at radius 1 is 1.20 bits per heavy atom. The minimum Gasteiger partial charge on any atom is -0.368 e. The van der Waals surface area contributed by atoms with E-state index in [1.807, 2.05) is 0 Å². The molecule has 1 nitrogen and oxygen atoms in total. The topological polar surface area (TPSA) is 3.24 Å². The first-order valence-corrected chi connectivity index (χ1v) is 5.90. The van der Waals surface area contributed by atoms with Crippen LogP contribution >= 0.6 is 0 Å². The highest BCUT2D eigenvalue weighted by Crippen LogP contribution is 2.35. The summed E-state index contributed by atoms with van der Waals surface area (Å²) >= 11 is 0. The minimum atomic E-state index is 0.723. The summed E-state index contributed by atoms with van der Waals surface area (Å²) in [6.07, 6.45) is 5.27. The number of fused-ring (bicyclic) bond motifs is 2. The second kappa shape index (κ2) is 3.41. The summed E-state index contributed by atoms with van der Waals surface area (Å²) in [5, 5.41) is 0. The van der Waals surface area contributed by atoms with Crippen LogP contribution in [0.25, 0.3) is 5.70 Å². The molecule has 1 aromatic carbocycles. The summed E-state index contributed by atoms with van der Waals surface area (Å²) in [6, 6.07) is 9.45. The van der Waals surface area contributed by atoms with Crippen molar-refractivity contribution in [2.24, 2.45) is 0 Å². The van der Waals surface area contributed by atoms with Gasteiger partial charge in [-0.05, 0) is 31.2 Å². The van der Waals surface area contributed by atoms with E-state index < -0.39 is 0 Å². The lowest BCUT2D eigenvalue weighted by Gasteiger charge is -2.43. The molecule has 0 radical (unpaired) electrons. The highest BCUT2D eigenvalue weighted by molar-refractivity contribution is 5.67. The second-order valence-corrected chi connectivity index (χ2v) is 4.65. The van der Waals surface area contributed by atoms with E-state index in [1.165, 1.54) is 49.1 Å². The smallest absolute Gasteiger partial charge is 0.0372 e. The number of nitrogens with zero attached hydrogens (tertiary/aromatic N) is 1. The largest absolute Gasteiger partial charge is 0.368 e. The number of piperidine rings is 1. The molecule has 2 aliphatic rings. The molecule has 0 saturated carbocycles. The Balaban J connectivity index is 2.02. The molecule has 3 rings (SSSR count). The first-order chi connectivity index (χ1) is 7.36. The first-order valence-electron chi connectivity index (χ1n) is 5.90. The van der Waals surface area contributed by atoms with E-state index in [2.05, 4.69) is 35.7 Å². The highest BCUT2D eigenvalue weighted by Gasteiger charge is 2.29. The summed E-state index contributed by atoms with van der Waals surface area (Å²) in [7, 11) is 0. The average Bonchev–Trinajstić information content (AvgIpc) is 2.30. The van der Waals surface area contributed by atoms with Gasteiger partial charge in [-0.15, -0.1) is 0 Å². The number of rotatable bonds is 0. The van der Waals surface area contributed by atoms with Gasteiger partial charge >= 0.3 is 0 Å². The maximum absolute atomic E-state index is 4.27. The number of hydrogen-bond acceptors (Lipinski definition) is 1. The Hall–Kier alpha value is -1.24. The molecule has 0 aromatic heterocycles. The predicted molar refractivity (Wildman–Crippen MR) is 63.5 cm³/mol. The SMILES string of the molecule is C=C1c2ccccc2CC2CCCCN12. The lowest BCUT2D eigenvalue weighted by Crippen LogP contribution is -2.42. The standard InChI is InChI=1S/C14H17N/c1-11-14-8-3-2-6-12(14)10-13-7-4-5-9-15(11)13/h2-3,6,8,13H,1,4-5,7,9-10H2. The summed E-state index contributed by atoms with van der Waals surface area (Å²) in [5.74, 6) is 0. The van der Waals surface area contributed by atoms with Gasteiger partial charge in [0.15, 0.2) is 0 Å². The maximum Gasteiger partial charge on any atom is 0.0372 e. The summed E-state index contributed by atoms with van der Waals surface area (Å²) in [6.45, 7) is 5.47. The first kappa shape index (κ1) is 9.02. The van der Waals surface area contributed by atoms with E-state index in [9.17, 15) is 0 Å². The van der Waals surface area contributed by atoms with Gasteiger partial charge in [-0.2, -0.15) is 0 Å². The van der Waals surface area contributed by atoms with Crippen molar-refractivity contribution in [3.63, 3.8) is 0 Å². The van der Waals surface area contributed by atoms with Gasteiger partial charge in [0, 0.05) is 23.8 Å². The minimum absolute atomic E-state index is 0.723. The van der Waals surface area contributed by atoms with Gasteiger partial charge in [0.25, 0.3) is 0 Å². The van der Waals surface area contributed by atoms with Crippen molar-refractivity contribution in [2.45, 2.75) is 31.7 Å². The third-order valence-electron chi connectivity index (χ3n) is 3.76. The zero-order chi connectivity index (χ0) is 10.3. The molecule has 0 amide bonds. The van der Waals surface area contributed by atoms with Crippen LogP contribution in [0.1, 0.15) is 30.4 Å². The molecule has 78 valence electrons. The lowest BCUT2D eigenvalue weighted by atomic mass is 9.87. The van der Waals surface area contributed by atoms with Gasteiger partial charge in [0.1, 0.15) is 0 Å². The van der Waals surface area contributed by atoms with Crippen molar-refractivity contribution in [3.05, 3.63) is 42.0 Å². The maximum atomic E-state index is 4.27. The fourth-order valence-electron chi connectivity index (χ4n) is 2.96. The molecular weight excluding hydrogens is 182 g/mol. The van der Waals surface area contributed by atoms with Crippen LogP contribution in [0.5, 0.6) is 0 Å². The van der Waals surface area contributed by atoms with E-state index in [-0.39, 0.29) is 0 Å². The third kappa shape index (κ3) is 1.38. The van der Waals surface area contributed by atoms with Crippen LogP contribution in [0.4, 0.5) is 0 Å². The van der Waals surface area contributed by atoms with Crippen LogP contribution in [-0.2, 0) is 6.42 Å². The van der Waals surface area contributed by atoms with E-state index >= 15 is 0 Å². The molecule has 0 N–H and O–H groups in total. The molecule has 15 heavy (non-hydrogen) atoms. The van der Waals surface area contributed by atoms with Gasteiger partial charge in [-0.1, -0.05) is 30.8 Å². The Labute approximate surface area is 91.4 Å². The second-order valence-electron chi connectivity index (χ2n) is 4.65. The van der Waals surface area contributed by atoms with Crippen LogP contribution in [0, 0.1) is 0 Å². The van der Waals surface area contributed by atoms with Crippen LogP contribution in [0.2, 0.25) is 0 Å². The molecule has 1 unspecified atom stereocenters. The van der Waals surface area contributed by atoms with Crippen LogP contribution < -0.4 is 0 Å². The van der Waals surface area contributed by atoms with Crippen molar-refractivity contribution in [1.82, 2.24) is 4.90 Å². The van der Waals surface area contributed by atoms with Gasteiger partial charge in [-0.25, -0.2) is 0 Å². The Morgan fingerprint density at radius 3 is 3.00 bits per heavy atom. The summed E-state index contributed by atoms with van der Waals surface area (Å²) in [4.78, 5) is 2.52. The molecule has 0 aliphatic carbocycles. The molecule has 0 bridgehead atoms. The Kier molecular flexibility index (Phi) is 2.05. The lowest BCUT2D eigenvalue weighted by molar-refractivity contribution is 0.219. The van der Waals surface area contributed by atoms with Crippen molar-refractivity contribution >= 4 is 5.70 Å². The van der Waals surface area contributed by atoms with E-state index in [0.29, 0.717) is 0 Å². The molecule has 1 saturated heterocycles. The Bertz CT molecular complexity index is 394. The van der Waals surface area contributed by atoms with Crippen molar-refractivity contribution < 1.29 is 0 Å². The van der Waals surface area contributed by atoms with Gasteiger partial charge in [0.05, 0.1) is 0 Å². The molecule has 0 spiro atoms. The quantitative estimate of drug-likeness (QED) is 0.620. The van der Waals surface area contributed by atoms with Crippen LogP contribution in [0.3, 0.4) is 0 Å². The highest BCUT2D eigenvalue weighted by atomic mass is 15.2. The zero-order valence-electron chi connectivity index (χ0n) is 9.08. The van der Waals surface area contributed by atoms with Crippen LogP contribution in [0.15, 0.2) is 30.8 Å². The van der Waals surface area contributed by atoms with E-state index in [1.54, 1.807) is 0 Å². The van der Waals surface area contributed by atoms with Gasteiger partial charge in [0.2, 0.25) is 0 Å². The monoisotopic (exact) mass is 199 g/mol. The predicted octanol–water partition coefficient (Wildman–Crippen LogP) is 3.07. The van der Waals surface area contributed by atoms with E-state index in [4.69, 9.17) is 0 Å². The average molecular weight is 199 g/mol. The fraction of sp³-hybridized carbons (Fsp3) is 0.429. The zero-order valence-corrected chi connectivity index (χ0v) is 9.08. The molecular formula is C14H17N. The summed E-state index contributed by atoms with van der Waals surface area (Å²) in [5.41, 5.74) is 4.11. The molecule has 2 heterocycles. The summed E-state index contributed by atoms with van der Waals surface area (Å²) < 4.78 is 0. The molecule has 2 aliphatic heterocycles. The molecule has 1 heteroatoms. The van der Waals surface area contributed by atoms with Crippen molar-refractivity contribution in [2.75, 3.05) is 6.54 Å². The third-order valence-corrected chi connectivity index (χ3v) is 3.76. The molecule has 1 aromatic rings. The van der Waals surface area contributed by atoms with Gasteiger partial charge < -0.3 is 4.90 Å². The molecule has 1 atom stereocenters. The van der Waals surface area contributed by atoms with Crippen molar-refractivity contribution in [3.8, 4) is 0 Å². The van der Waals surface area contributed by atoms with Crippen LogP contribution in [-0.4, -0.2) is 17.5 Å². The molecule has 1 fully saturated rings. The normalized spacial score (nSPS) is 24.7. The van der Waals surface area contributed by atoms with E-state index in [0.717, 1.165) is 6.04 Å². The van der Waals surface area contributed by atoms with Gasteiger partial charge in [-0.3, -0.25) is 0 Å².